The number of hydrogen-bond acceptors (Lipinski definition) is 6. The standard InChI is InChI=1S/C26H18F9N7O2/c1-10-2-15(27)13(19-5-14(26(33,34)35)21-22(36)38-9-39-42(19)21)4-12(10)23(43)40-18-8-41(7-17(18)29)24(44)20-16(28)3-11(6-37-20)25(30,31)32/h2-6,9,17-18H,7-8H2,1H3,(H,40,43)(H2,36,38,39)/t17-,18+/m0/s1. The third kappa shape index (κ3) is 5.46. The van der Waals surface area contributed by atoms with Crippen molar-refractivity contribution in [1.82, 2.24) is 29.8 Å². The molecule has 4 aromatic rings. The molecular formula is C26H18F9N7O2. The molecule has 0 saturated carbocycles. The zero-order valence-electron chi connectivity index (χ0n) is 22.1. The molecule has 0 unspecified atom stereocenters. The molecule has 9 nitrogen and oxygen atoms in total. The average Bonchev–Trinajstić information content (AvgIpc) is 3.49. The summed E-state index contributed by atoms with van der Waals surface area (Å²) in [5.41, 5.74) is 0.165. The van der Waals surface area contributed by atoms with Crippen molar-refractivity contribution >= 4 is 23.1 Å². The predicted octanol–water partition coefficient (Wildman–Crippen LogP) is 4.59. The Kier molecular flexibility index (Phi) is 7.41. The van der Waals surface area contributed by atoms with E-state index in [4.69, 9.17) is 5.73 Å². The van der Waals surface area contributed by atoms with Crippen LogP contribution in [0.4, 0.5) is 45.3 Å². The number of rotatable bonds is 4. The Balaban J connectivity index is 1.41. The number of anilines is 1. The number of nitrogens with zero attached hydrogens (tertiary/aromatic N) is 5. The molecule has 4 heterocycles. The predicted molar refractivity (Wildman–Crippen MR) is 134 cm³/mol. The molecule has 0 bridgehead atoms. The number of carbonyl (C=O) groups is 2. The van der Waals surface area contributed by atoms with E-state index in [1.54, 1.807) is 0 Å². The van der Waals surface area contributed by atoms with E-state index in [1.165, 1.54) is 6.92 Å². The maximum absolute atomic E-state index is 15.1. The Morgan fingerprint density at radius 1 is 0.977 bits per heavy atom. The molecule has 44 heavy (non-hydrogen) atoms. The lowest BCUT2D eigenvalue weighted by Crippen LogP contribution is -2.42. The van der Waals surface area contributed by atoms with Crippen molar-refractivity contribution in [3.8, 4) is 11.3 Å². The largest absolute Gasteiger partial charge is 0.418 e. The van der Waals surface area contributed by atoms with Crippen LogP contribution in [0, 0.1) is 18.6 Å². The van der Waals surface area contributed by atoms with Gasteiger partial charge in [0.15, 0.2) is 17.3 Å². The molecule has 1 aromatic carbocycles. The minimum atomic E-state index is -4.93. The second kappa shape index (κ2) is 10.7. The highest BCUT2D eigenvalue weighted by molar-refractivity contribution is 5.98. The highest BCUT2D eigenvalue weighted by Gasteiger charge is 2.40. The molecule has 5 rings (SSSR count). The number of amides is 2. The summed E-state index contributed by atoms with van der Waals surface area (Å²) >= 11 is 0. The number of aromatic nitrogens is 4. The number of pyridine rings is 1. The SMILES string of the molecule is Cc1cc(F)c(-c2cc(C(F)(F)F)c3c(N)ncnn23)cc1C(=O)N[C@@H]1CN(C(=O)c2ncc(C(F)(F)F)cc2F)C[C@@H]1F. The highest BCUT2D eigenvalue weighted by Crippen LogP contribution is 2.39. The van der Waals surface area contributed by atoms with Gasteiger partial charge in [0, 0.05) is 23.9 Å². The van der Waals surface area contributed by atoms with Crippen LogP contribution in [0.15, 0.2) is 36.8 Å². The Morgan fingerprint density at radius 3 is 2.32 bits per heavy atom. The minimum absolute atomic E-state index is 0.0205. The van der Waals surface area contributed by atoms with Crippen molar-refractivity contribution in [2.75, 3.05) is 18.8 Å². The van der Waals surface area contributed by atoms with Crippen LogP contribution in [0.3, 0.4) is 0 Å². The fraction of sp³-hybridized carbons (Fsp3) is 0.269. The summed E-state index contributed by atoms with van der Waals surface area (Å²) in [5.74, 6) is -5.35. The lowest BCUT2D eigenvalue weighted by molar-refractivity contribution is -0.138. The summed E-state index contributed by atoms with van der Waals surface area (Å²) in [6.45, 7) is 0.113. The Labute approximate surface area is 240 Å². The summed E-state index contributed by atoms with van der Waals surface area (Å²) < 4.78 is 125. The fourth-order valence-corrected chi connectivity index (χ4v) is 4.80. The van der Waals surface area contributed by atoms with E-state index in [0.717, 1.165) is 23.4 Å². The van der Waals surface area contributed by atoms with Gasteiger partial charge in [-0.05, 0) is 36.8 Å². The summed E-state index contributed by atoms with van der Waals surface area (Å²) in [4.78, 5) is 33.4. The number of hydrogen-bond donors (Lipinski definition) is 2. The van der Waals surface area contributed by atoms with Crippen molar-refractivity contribution in [3.63, 3.8) is 0 Å². The van der Waals surface area contributed by atoms with E-state index in [1.807, 2.05) is 0 Å². The molecule has 1 aliphatic heterocycles. The van der Waals surface area contributed by atoms with Crippen LogP contribution in [0.1, 0.15) is 37.5 Å². The highest BCUT2D eigenvalue weighted by atomic mass is 19.4. The molecule has 1 aliphatic rings. The van der Waals surface area contributed by atoms with Gasteiger partial charge in [-0.15, -0.1) is 0 Å². The second-order valence-electron chi connectivity index (χ2n) is 9.85. The Morgan fingerprint density at radius 2 is 1.68 bits per heavy atom. The number of fused-ring (bicyclic) bond motifs is 1. The molecule has 18 heteroatoms. The summed E-state index contributed by atoms with van der Waals surface area (Å²) in [5, 5.41) is 6.05. The third-order valence-electron chi connectivity index (χ3n) is 6.95. The van der Waals surface area contributed by atoms with E-state index < -0.39 is 101 Å². The summed E-state index contributed by atoms with van der Waals surface area (Å²) in [7, 11) is 0. The van der Waals surface area contributed by atoms with Crippen molar-refractivity contribution in [2.45, 2.75) is 31.5 Å². The van der Waals surface area contributed by atoms with Crippen molar-refractivity contribution in [3.05, 3.63) is 76.4 Å². The van der Waals surface area contributed by atoms with Gasteiger partial charge in [0.25, 0.3) is 11.8 Å². The number of aryl methyl sites for hydroxylation is 1. The molecule has 232 valence electrons. The number of carbonyl (C=O) groups excluding carboxylic acids is 2. The number of nitrogens with one attached hydrogen (secondary N) is 1. The van der Waals surface area contributed by atoms with Crippen LogP contribution in [0.5, 0.6) is 0 Å². The molecule has 0 aliphatic carbocycles. The van der Waals surface area contributed by atoms with Gasteiger partial charge in [-0.25, -0.2) is 27.7 Å². The number of benzene rings is 1. The van der Waals surface area contributed by atoms with Gasteiger partial charge in [-0.3, -0.25) is 9.59 Å². The molecule has 3 N–H and O–H groups in total. The third-order valence-corrected chi connectivity index (χ3v) is 6.95. The average molecular weight is 631 g/mol. The first-order valence-corrected chi connectivity index (χ1v) is 12.4. The number of nitrogens with two attached hydrogens (primary N) is 1. The minimum Gasteiger partial charge on any atom is -0.382 e. The van der Waals surface area contributed by atoms with Crippen LogP contribution in [-0.2, 0) is 12.4 Å². The number of alkyl halides is 7. The Bertz CT molecular complexity index is 1800. The van der Waals surface area contributed by atoms with E-state index in [9.17, 15) is 44.7 Å². The van der Waals surface area contributed by atoms with Crippen molar-refractivity contribution in [1.29, 1.82) is 0 Å². The van der Waals surface area contributed by atoms with Crippen molar-refractivity contribution < 1.29 is 49.1 Å². The molecule has 2 amide bonds. The van der Waals surface area contributed by atoms with Gasteiger partial charge < -0.3 is 16.0 Å². The summed E-state index contributed by atoms with van der Waals surface area (Å²) in [6, 6.07) is 1.08. The second-order valence-corrected chi connectivity index (χ2v) is 9.85. The number of likely N-dealkylation sites (tertiary alicyclic amines) is 1. The first-order valence-electron chi connectivity index (χ1n) is 12.4. The monoisotopic (exact) mass is 631 g/mol. The van der Waals surface area contributed by atoms with Crippen LogP contribution < -0.4 is 11.1 Å². The molecule has 2 atom stereocenters. The molecule has 0 radical (unpaired) electrons. The van der Waals surface area contributed by atoms with E-state index in [2.05, 4.69) is 20.4 Å². The molecule has 3 aromatic heterocycles. The van der Waals surface area contributed by atoms with Gasteiger partial charge in [0.2, 0.25) is 0 Å². The lowest BCUT2D eigenvalue weighted by Gasteiger charge is -2.18. The quantitative estimate of drug-likeness (QED) is 0.318. The maximum Gasteiger partial charge on any atom is 0.418 e. The van der Waals surface area contributed by atoms with Crippen LogP contribution >= 0.6 is 0 Å². The summed E-state index contributed by atoms with van der Waals surface area (Å²) in [6.07, 6.45) is -10.7. The van der Waals surface area contributed by atoms with Gasteiger partial charge in [0.05, 0.1) is 29.4 Å². The molecule has 1 saturated heterocycles. The lowest BCUT2D eigenvalue weighted by atomic mass is 10.0. The molecular weight excluding hydrogens is 613 g/mol. The number of nitrogen functional groups attached to an aromatic ring is 1. The van der Waals surface area contributed by atoms with Gasteiger partial charge in [0.1, 0.15) is 23.8 Å². The molecule has 1 fully saturated rings. The molecule has 0 spiro atoms. The topological polar surface area (TPSA) is 119 Å². The van der Waals surface area contributed by atoms with Gasteiger partial charge >= 0.3 is 12.4 Å². The first kappa shape index (κ1) is 30.6. The van der Waals surface area contributed by atoms with E-state index in [0.29, 0.717) is 10.6 Å². The van der Waals surface area contributed by atoms with E-state index in [-0.39, 0.29) is 23.4 Å². The number of halogens is 9. The van der Waals surface area contributed by atoms with Gasteiger partial charge in [-0.1, -0.05) is 0 Å². The zero-order chi connectivity index (χ0) is 32.3. The fourth-order valence-electron chi connectivity index (χ4n) is 4.80. The van der Waals surface area contributed by atoms with Crippen LogP contribution in [0.2, 0.25) is 0 Å². The van der Waals surface area contributed by atoms with E-state index >= 15 is 4.39 Å². The first-order chi connectivity index (χ1) is 20.5. The van der Waals surface area contributed by atoms with Crippen LogP contribution in [-0.4, -0.2) is 61.6 Å². The Hall–Kier alpha value is -4.90. The van der Waals surface area contributed by atoms with Gasteiger partial charge in [-0.2, -0.15) is 31.4 Å². The normalized spacial score (nSPS) is 17.4. The smallest absolute Gasteiger partial charge is 0.382 e. The maximum atomic E-state index is 15.1. The van der Waals surface area contributed by atoms with Crippen molar-refractivity contribution in [2.24, 2.45) is 0 Å². The zero-order valence-corrected chi connectivity index (χ0v) is 22.1. The van der Waals surface area contributed by atoms with Crippen LogP contribution in [0.25, 0.3) is 16.8 Å².